The summed E-state index contributed by atoms with van der Waals surface area (Å²) < 4.78 is 0. The van der Waals surface area contributed by atoms with Gasteiger partial charge in [-0.25, -0.2) is 0 Å². The molecule has 2 heterocycles. The van der Waals surface area contributed by atoms with E-state index < -0.39 is 0 Å². The number of aromatic nitrogens is 2. The van der Waals surface area contributed by atoms with Crippen molar-refractivity contribution < 1.29 is 0 Å². The van der Waals surface area contributed by atoms with Gasteiger partial charge in [0.15, 0.2) is 0 Å². The molecular formula is C20H28N4. The normalized spacial score (nSPS) is 18.2. The quantitative estimate of drug-likeness (QED) is 0.857. The maximum atomic E-state index is 5.87. The number of nitrogens with one attached hydrogen (secondary N) is 1. The summed E-state index contributed by atoms with van der Waals surface area (Å²) in [5, 5.41) is 3.82. The number of nitrogens with zero attached hydrogens (tertiary/aromatic N) is 2. The number of hydrogen-bond acceptors (Lipinski definition) is 4. The molecular weight excluding hydrogens is 296 g/mol. The summed E-state index contributed by atoms with van der Waals surface area (Å²) in [6, 6.07) is 7.12. The third-order valence-corrected chi connectivity index (χ3v) is 4.91. The van der Waals surface area contributed by atoms with Crippen LogP contribution in [0, 0.1) is 13.8 Å². The first kappa shape index (κ1) is 17.1. The summed E-state index contributed by atoms with van der Waals surface area (Å²) in [5.41, 5.74) is 12.1. The zero-order valence-electron chi connectivity index (χ0n) is 14.8. The van der Waals surface area contributed by atoms with E-state index in [0.717, 1.165) is 25.7 Å². The molecule has 0 aromatic carbocycles. The Morgan fingerprint density at radius 2 is 2.21 bits per heavy atom. The molecule has 3 rings (SSSR count). The molecule has 0 radical (unpaired) electrons. The first-order chi connectivity index (χ1) is 11.7. The van der Waals surface area contributed by atoms with Gasteiger partial charge in [0, 0.05) is 36.6 Å². The van der Waals surface area contributed by atoms with Gasteiger partial charge in [0.1, 0.15) is 0 Å². The van der Waals surface area contributed by atoms with E-state index in [9.17, 15) is 0 Å². The lowest BCUT2D eigenvalue weighted by molar-refractivity contribution is 0.371. The predicted molar refractivity (Wildman–Crippen MR) is 97.9 cm³/mol. The van der Waals surface area contributed by atoms with Gasteiger partial charge in [0.25, 0.3) is 0 Å². The minimum absolute atomic E-state index is 0.331. The Kier molecular flexibility index (Phi) is 5.59. The molecule has 128 valence electrons. The van der Waals surface area contributed by atoms with Crippen molar-refractivity contribution in [3.05, 3.63) is 58.7 Å². The Bertz CT molecular complexity index is 683. The first-order valence-electron chi connectivity index (χ1n) is 8.99. The average Bonchev–Trinajstić information content (AvgIpc) is 2.58. The van der Waals surface area contributed by atoms with E-state index in [-0.39, 0.29) is 0 Å². The molecule has 0 fully saturated rings. The first-order valence-corrected chi connectivity index (χ1v) is 8.99. The van der Waals surface area contributed by atoms with E-state index in [1.807, 2.05) is 18.5 Å². The highest BCUT2D eigenvalue weighted by Gasteiger charge is 2.24. The number of hydrogen-bond donors (Lipinski definition) is 2. The molecule has 1 aliphatic rings. The lowest BCUT2D eigenvalue weighted by Crippen LogP contribution is -2.38. The molecule has 0 saturated heterocycles. The van der Waals surface area contributed by atoms with Crippen LogP contribution in [0.2, 0.25) is 0 Å². The Balaban J connectivity index is 1.75. The van der Waals surface area contributed by atoms with Crippen molar-refractivity contribution in [1.82, 2.24) is 15.3 Å². The van der Waals surface area contributed by atoms with E-state index in [0.29, 0.717) is 18.6 Å². The topological polar surface area (TPSA) is 63.8 Å². The van der Waals surface area contributed by atoms with E-state index in [1.165, 1.54) is 34.5 Å². The van der Waals surface area contributed by atoms with Crippen LogP contribution in [-0.4, -0.2) is 22.6 Å². The Morgan fingerprint density at radius 1 is 1.33 bits per heavy atom. The van der Waals surface area contributed by atoms with Crippen LogP contribution in [-0.2, 0) is 12.8 Å². The summed E-state index contributed by atoms with van der Waals surface area (Å²) in [7, 11) is 0. The Hall–Kier alpha value is -1.78. The fraction of sp³-hybridized carbons (Fsp3) is 0.500. The van der Waals surface area contributed by atoms with Crippen molar-refractivity contribution in [1.29, 1.82) is 0 Å². The number of nitrogens with two attached hydrogens (primary N) is 1. The van der Waals surface area contributed by atoms with E-state index in [2.05, 4.69) is 41.3 Å². The van der Waals surface area contributed by atoms with Gasteiger partial charge in [-0.1, -0.05) is 12.1 Å². The van der Waals surface area contributed by atoms with Gasteiger partial charge >= 0.3 is 0 Å². The third-order valence-electron chi connectivity index (χ3n) is 4.91. The van der Waals surface area contributed by atoms with E-state index in [4.69, 9.17) is 5.73 Å². The number of pyridine rings is 2. The lowest BCUT2D eigenvalue weighted by Gasteiger charge is -2.30. The smallest absolute Gasteiger partial charge is 0.0605 e. The van der Waals surface area contributed by atoms with Crippen molar-refractivity contribution in [3.63, 3.8) is 0 Å². The van der Waals surface area contributed by atoms with Gasteiger partial charge < -0.3 is 11.1 Å². The summed E-state index contributed by atoms with van der Waals surface area (Å²) in [5.74, 6) is 0. The van der Waals surface area contributed by atoms with Gasteiger partial charge in [-0.3, -0.25) is 9.97 Å². The van der Waals surface area contributed by atoms with Crippen LogP contribution in [0.25, 0.3) is 0 Å². The summed E-state index contributed by atoms with van der Waals surface area (Å²) in [6.45, 7) is 4.92. The van der Waals surface area contributed by atoms with Gasteiger partial charge in [-0.2, -0.15) is 0 Å². The highest BCUT2D eigenvalue weighted by atomic mass is 15.0. The minimum atomic E-state index is 0.331. The monoisotopic (exact) mass is 324 g/mol. The van der Waals surface area contributed by atoms with Gasteiger partial charge in [0.2, 0.25) is 0 Å². The largest absolute Gasteiger partial charge is 0.330 e. The van der Waals surface area contributed by atoms with Crippen LogP contribution in [0.5, 0.6) is 0 Å². The lowest BCUT2D eigenvalue weighted by atomic mass is 9.90. The molecule has 24 heavy (non-hydrogen) atoms. The standard InChI is InChI=1S/C20H28N4/c1-14-11-15(2)19(23-13-14)12-17(8-9-21)24-18-7-3-5-16-6-4-10-22-20(16)18/h4,6,10-11,13,17-18,24H,3,5,7-9,12,21H2,1-2H3. The van der Waals surface area contributed by atoms with E-state index in [1.54, 1.807) is 0 Å². The van der Waals surface area contributed by atoms with Crippen LogP contribution in [0.4, 0.5) is 0 Å². The summed E-state index contributed by atoms with van der Waals surface area (Å²) in [6.07, 6.45) is 9.23. The van der Waals surface area contributed by atoms with Crippen molar-refractivity contribution in [2.45, 2.75) is 58.0 Å². The summed E-state index contributed by atoms with van der Waals surface area (Å²) >= 11 is 0. The molecule has 0 aliphatic heterocycles. The zero-order valence-corrected chi connectivity index (χ0v) is 14.8. The van der Waals surface area contributed by atoms with Crippen LogP contribution in [0.1, 0.15) is 53.4 Å². The average molecular weight is 324 g/mol. The molecule has 2 aromatic rings. The fourth-order valence-corrected chi connectivity index (χ4v) is 3.69. The van der Waals surface area contributed by atoms with Gasteiger partial charge in [-0.05, 0) is 68.8 Å². The minimum Gasteiger partial charge on any atom is -0.330 e. The maximum Gasteiger partial charge on any atom is 0.0605 e. The Morgan fingerprint density at radius 3 is 3.00 bits per heavy atom. The van der Waals surface area contributed by atoms with Crippen LogP contribution in [0.3, 0.4) is 0 Å². The molecule has 0 spiro atoms. The molecule has 0 saturated carbocycles. The van der Waals surface area contributed by atoms with Crippen molar-refractivity contribution in [3.8, 4) is 0 Å². The van der Waals surface area contributed by atoms with Crippen molar-refractivity contribution >= 4 is 0 Å². The van der Waals surface area contributed by atoms with Crippen LogP contribution in [0.15, 0.2) is 30.6 Å². The zero-order chi connectivity index (χ0) is 16.9. The van der Waals surface area contributed by atoms with Crippen LogP contribution >= 0.6 is 0 Å². The number of rotatable bonds is 6. The maximum absolute atomic E-state index is 5.87. The second kappa shape index (κ2) is 7.86. The third kappa shape index (κ3) is 4.00. The molecule has 0 amide bonds. The predicted octanol–water partition coefficient (Wildman–Crippen LogP) is 3.02. The molecule has 2 aromatic heterocycles. The van der Waals surface area contributed by atoms with Crippen molar-refractivity contribution in [2.24, 2.45) is 5.73 Å². The molecule has 4 nitrogen and oxygen atoms in total. The fourth-order valence-electron chi connectivity index (χ4n) is 3.69. The van der Waals surface area contributed by atoms with E-state index >= 15 is 0 Å². The molecule has 4 heteroatoms. The second-order valence-corrected chi connectivity index (χ2v) is 6.91. The molecule has 2 atom stereocenters. The molecule has 3 N–H and O–H groups in total. The number of aryl methyl sites for hydroxylation is 3. The van der Waals surface area contributed by atoms with Gasteiger partial charge in [0.05, 0.1) is 5.69 Å². The molecule has 0 bridgehead atoms. The Labute approximate surface area is 144 Å². The summed E-state index contributed by atoms with van der Waals surface area (Å²) in [4.78, 5) is 9.28. The number of fused-ring (bicyclic) bond motifs is 1. The molecule has 1 aliphatic carbocycles. The molecule has 2 unspecified atom stereocenters. The highest BCUT2D eigenvalue weighted by molar-refractivity contribution is 5.26. The SMILES string of the molecule is Cc1cnc(CC(CCN)NC2CCCc3cccnc32)c(C)c1. The highest BCUT2D eigenvalue weighted by Crippen LogP contribution is 2.28. The van der Waals surface area contributed by atoms with Crippen molar-refractivity contribution in [2.75, 3.05) is 6.54 Å². The van der Waals surface area contributed by atoms with Crippen LogP contribution < -0.4 is 11.1 Å². The van der Waals surface area contributed by atoms with Gasteiger partial charge in [-0.15, -0.1) is 0 Å². The second-order valence-electron chi connectivity index (χ2n) is 6.91.